The summed E-state index contributed by atoms with van der Waals surface area (Å²) in [5.74, 6) is -0.150. The summed E-state index contributed by atoms with van der Waals surface area (Å²) in [5.41, 5.74) is 6.76. The molecule has 0 bridgehead atoms. The maximum atomic E-state index is 14.3. The lowest BCUT2D eigenvalue weighted by molar-refractivity contribution is -0.141. The van der Waals surface area contributed by atoms with Crippen molar-refractivity contribution in [3.05, 3.63) is 84.2 Å². The Labute approximate surface area is 239 Å². The summed E-state index contributed by atoms with van der Waals surface area (Å²) < 4.78 is 39.8. The number of piperidine rings is 1. The van der Waals surface area contributed by atoms with E-state index in [9.17, 15) is 22.8 Å². The van der Waals surface area contributed by atoms with Gasteiger partial charge in [0.2, 0.25) is 11.8 Å². The minimum atomic E-state index is -4.56. The molecule has 1 aromatic carbocycles. The summed E-state index contributed by atoms with van der Waals surface area (Å²) in [6, 6.07) is 11.7. The number of pyridine rings is 3. The maximum absolute atomic E-state index is 14.3. The van der Waals surface area contributed by atoms with Gasteiger partial charge in [-0.3, -0.25) is 24.5 Å². The smallest absolute Gasteiger partial charge is 0.341 e. The number of alkyl halides is 3. The predicted octanol–water partition coefficient (Wildman–Crippen LogP) is 4.61. The lowest BCUT2D eigenvalue weighted by Gasteiger charge is -2.39. The SMILES string of the molecule is NC1(C(=O)N2CCC3(CC2)C(=O)N(Cc2ncc4ccccc4c2-c2ccc(C(F)(F)F)nc2)c2cnccc23)CC1. The molecular weight excluding hydrogens is 545 g/mol. The van der Waals surface area contributed by atoms with Crippen LogP contribution in [0.15, 0.2) is 67.3 Å². The van der Waals surface area contributed by atoms with E-state index in [2.05, 4.69) is 9.97 Å². The van der Waals surface area contributed by atoms with Crippen molar-refractivity contribution in [1.29, 1.82) is 0 Å². The number of anilines is 1. The molecule has 0 unspecified atom stereocenters. The summed E-state index contributed by atoms with van der Waals surface area (Å²) >= 11 is 0. The Hall–Kier alpha value is -4.38. The molecule has 2 fully saturated rings. The fourth-order valence-electron chi connectivity index (χ4n) is 6.39. The second kappa shape index (κ2) is 9.32. The third kappa shape index (κ3) is 4.13. The largest absolute Gasteiger partial charge is 0.433 e. The number of hydrogen-bond donors (Lipinski definition) is 1. The highest BCUT2D eigenvalue weighted by molar-refractivity contribution is 6.08. The van der Waals surface area contributed by atoms with Gasteiger partial charge in [-0.05, 0) is 48.8 Å². The molecule has 1 aliphatic carbocycles. The van der Waals surface area contributed by atoms with Crippen LogP contribution in [0.25, 0.3) is 21.9 Å². The molecule has 7 rings (SSSR count). The van der Waals surface area contributed by atoms with E-state index in [-0.39, 0.29) is 18.4 Å². The molecule has 2 aliphatic heterocycles. The molecule has 8 nitrogen and oxygen atoms in total. The zero-order chi connectivity index (χ0) is 29.3. The standard InChI is InChI=1S/C31H27F3N6O2/c32-31(33,34)25-6-5-20(16-38-25)26-21-4-2-1-3-19(21)15-37-23(26)18-40-24-17-36-12-7-22(24)29(27(40)41)10-13-39(14-11-29)28(42)30(35)8-9-30/h1-7,12,15-17H,8-11,13-14,18,35H2. The summed E-state index contributed by atoms with van der Waals surface area (Å²) in [6.45, 7) is 0.945. The fraction of sp³-hybridized carbons (Fsp3) is 0.323. The molecule has 11 heteroatoms. The average molecular weight is 573 g/mol. The Morgan fingerprint density at radius 1 is 0.952 bits per heavy atom. The summed E-state index contributed by atoms with van der Waals surface area (Å²) in [7, 11) is 0. The molecule has 1 saturated carbocycles. The topological polar surface area (TPSA) is 105 Å². The van der Waals surface area contributed by atoms with Crippen molar-refractivity contribution in [2.75, 3.05) is 18.0 Å². The van der Waals surface area contributed by atoms with Crippen molar-refractivity contribution in [2.24, 2.45) is 5.73 Å². The lowest BCUT2D eigenvalue weighted by atomic mass is 9.74. The number of hydrogen-bond acceptors (Lipinski definition) is 6. The third-order valence-electron chi connectivity index (χ3n) is 8.91. The van der Waals surface area contributed by atoms with Crippen molar-refractivity contribution in [3.8, 4) is 11.1 Å². The first-order chi connectivity index (χ1) is 20.1. The summed E-state index contributed by atoms with van der Waals surface area (Å²) in [4.78, 5) is 43.3. The van der Waals surface area contributed by atoms with Crippen LogP contribution in [0, 0.1) is 0 Å². The van der Waals surface area contributed by atoms with E-state index in [4.69, 9.17) is 10.7 Å². The van der Waals surface area contributed by atoms with Crippen LogP contribution in [0.4, 0.5) is 18.9 Å². The van der Waals surface area contributed by atoms with Crippen LogP contribution in [0.5, 0.6) is 0 Å². The van der Waals surface area contributed by atoms with Gasteiger partial charge in [0, 0.05) is 48.2 Å². The normalized spacial score (nSPS) is 18.9. The van der Waals surface area contributed by atoms with Crippen molar-refractivity contribution >= 4 is 28.3 Å². The Bertz CT molecular complexity index is 1730. The molecule has 2 N–H and O–H groups in total. The number of likely N-dealkylation sites (tertiary alicyclic amines) is 1. The molecule has 1 spiro atoms. The van der Waals surface area contributed by atoms with Crippen LogP contribution < -0.4 is 10.6 Å². The molecule has 3 aliphatic rings. The highest BCUT2D eigenvalue weighted by Gasteiger charge is 2.55. The first kappa shape index (κ1) is 26.5. The number of nitrogens with zero attached hydrogens (tertiary/aromatic N) is 5. The first-order valence-corrected chi connectivity index (χ1v) is 13.9. The van der Waals surface area contributed by atoms with Crippen molar-refractivity contribution in [1.82, 2.24) is 19.9 Å². The zero-order valence-electron chi connectivity index (χ0n) is 22.6. The highest BCUT2D eigenvalue weighted by atomic mass is 19.4. The monoisotopic (exact) mass is 572 g/mol. The number of rotatable bonds is 4. The molecule has 2 amide bonds. The minimum Gasteiger partial charge on any atom is -0.341 e. The van der Waals surface area contributed by atoms with E-state index < -0.39 is 22.8 Å². The van der Waals surface area contributed by atoms with Crippen LogP contribution in [-0.2, 0) is 27.7 Å². The predicted molar refractivity (Wildman–Crippen MR) is 149 cm³/mol. The number of benzene rings is 1. The Morgan fingerprint density at radius 3 is 2.40 bits per heavy atom. The molecule has 3 aromatic heterocycles. The molecule has 1 saturated heterocycles. The highest BCUT2D eigenvalue weighted by Crippen LogP contribution is 2.49. The van der Waals surface area contributed by atoms with E-state index in [1.54, 1.807) is 28.4 Å². The van der Waals surface area contributed by atoms with E-state index >= 15 is 0 Å². The quantitative estimate of drug-likeness (QED) is 0.383. The number of nitrogens with two attached hydrogens (primary N) is 1. The van der Waals surface area contributed by atoms with E-state index in [1.807, 2.05) is 30.3 Å². The van der Waals surface area contributed by atoms with Crippen LogP contribution in [-0.4, -0.2) is 50.3 Å². The molecular formula is C31H27F3N6O2. The number of aromatic nitrogens is 3. The molecule has 42 heavy (non-hydrogen) atoms. The number of amides is 2. The van der Waals surface area contributed by atoms with Gasteiger partial charge in [0.05, 0.1) is 35.1 Å². The number of halogens is 3. The molecule has 4 aromatic rings. The molecule has 214 valence electrons. The van der Waals surface area contributed by atoms with Crippen molar-refractivity contribution < 1.29 is 22.8 Å². The third-order valence-corrected chi connectivity index (χ3v) is 8.91. The van der Waals surface area contributed by atoms with Crippen LogP contribution in [0.3, 0.4) is 0 Å². The van der Waals surface area contributed by atoms with Crippen molar-refractivity contribution in [3.63, 3.8) is 0 Å². The van der Waals surface area contributed by atoms with Crippen LogP contribution in [0.1, 0.15) is 42.6 Å². The van der Waals surface area contributed by atoms with Gasteiger partial charge in [-0.2, -0.15) is 13.2 Å². The van der Waals surface area contributed by atoms with Crippen LogP contribution >= 0.6 is 0 Å². The Kier molecular flexibility index (Phi) is 5.88. The number of fused-ring (bicyclic) bond motifs is 3. The molecule has 0 radical (unpaired) electrons. The van der Waals surface area contributed by atoms with Gasteiger partial charge in [0.1, 0.15) is 5.69 Å². The van der Waals surface area contributed by atoms with E-state index in [0.29, 0.717) is 61.3 Å². The van der Waals surface area contributed by atoms with Gasteiger partial charge in [-0.25, -0.2) is 0 Å². The number of carbonyl (C=O) groups is 2. The second-order valence-corrected chi connectivity index (χ2v) is 11.4. The fourth-order valence-corrected chi connectivity index (χ4v) is 6.39. The zero-order valence-corrected chi connectivity index (χ0v) is 22.6. The minimum absolute atomic E-state index is 0.0511. The van der Waals surface area contributed by atoms with Gasteiger partial charge < -0.3 is 15.5 Å². The van der Waals surface area contributed by atoms with Gasteiger partial charge in [-0.15, -0.1) is 0 Å². The maximum Gasteiger partial charge on any atom is 0.433 e. The second-order valence-electron chi connectivity index (χ2n) is 11.4. The summed E-state index contributed by atoms with van der Waals surface area (Å²) in [6.07, 6.45) is 3.97. The molecule has 5 heterocycles. The Balaban J connectivity index is 1.26. The average Bonchev–Trinajstić information content (AvgIpc) is 3.72. The van der Waals surface area contributed by atoms with Gasteiger partial charge in [-0.1, -0.05) is 30.3 Å². The summed E-state index contributed by atoms with van der Waals surface area (Å²) in [5, 5.41) is 1.60. The van der Waals surface area contributed by atoms with Gasteiger partial charge >= 0.3 is 6.18 Å². The number of carbonyl (C=O) groups excluding carboxylic acids is 2. The first-order valence-electron chi connectivity index (χ1n) is 13.9. The van der Waals surface area contributed by atoms with Crippen LogP contribution in [0.2, 0.25) is 0 Å². The Morgan fingerprint density at radius 2 is 1.71 bits per heavy atom. The molecule has 0 atom stereocenters. The van der Waals surface area contributed by atoms with Crippen molar-refractivity contribution in [2.45, 2.75) is 49.4 Å². The van der Waals surface area contributed by atoms with Gasteiger partial charge in [0.25, 0.3) is 0 Å². The van der Waals surface area contributed by atoms with E-state index in [0.717, 1.165) is 22.4 Å². The van der Waals surface area contributed by atoms with Gasteiger partial charge in [0.15, 0.2) is 0 Å². The van der Waals surface area contributed by atoms with E-state index in [1.165, 1.54) is 12.3 Å². The lowest BCUT2D eigenvalue weighted by Crippen LogP contribution is -2.54.